The van der Waals surface area contributed by atoms with Crippen LogP contribution in [0.5, 0.6) is 0 Å². The van der Waals surface area contributed by atoms with Crippen LogP contribution < -0.4 is 0 Å². The van der Waals surface area contributed by atoms with E-state index in [1.165, 1.54) is 11.6 Å². The third kappa shape index (κ3) is 2.09. The molecule has 2 nitrogen and oxygen atoms in total. The molecule has 0 radical (unpaired) electrons. The fourth-order valence-electron chi connectivity index (χ4n) is 2.77. The third-order valence-electron chi connectivity index (χ3n) is 3.71. The molecule has 0 N–H and O–H groups in total. The van der Waals surface area contributed by atoms with Crippen LogP contribution in [-0.2, 0) is 6.54 Å². The van der Waals surface area contributed by atoms with Crippen LogP contribution in [-0.4, -0.2) is 24.8 Å². The highest BCUT2D eigenvalue weighted by Crippen LogP contribution is 2.34. The second-order valence-corrected chi connectivity index (χ2v) is 5.22. The van der Waals surface area contributed by atoms with Crippen LogP contribution in [0.3, 0.4) is 0 Å². The highest BCUT2D eigenvalue weighted by atomic mass is 19.1. The maximum Gasteiger partial charge on any atom is 0.127 e. The van der Waals surface area contributed by atoms with Gasteiger partial charge in [-0.05, 0) is 17.2 Å². The second-order valence-electron chi connectivity index (χ2n) is 5.22. The van der Waals surface area contributed by atoms with Gasteiger partial charge in [-0.25, -0.2) is 4.39 Å². The highest BCUT2D eigenvalue weighted by Gasteiger charge is 2.29. The lowest BCUT2D eigenvalue weighted by molar-refractivity contribution is 0.569. The Balaban J connectivity index is 2.19. The number of hydrogen-bond donors (Lipinski definition) is 0. The van der Waals surface area contributed by atoms with Gasteiger partial charge in [-0.1, -0.05) is 42.5 Å². The first-order valence-electron chi connectivity index (χ1n) is 6.72. The van der Waals surface area contributed by atoms with Gasteiger partial charge in [0.1, 0.15) is 11.7 Å². The summed E-state index contributed by atoms with van der Waals surface area (Å²) in [5, 5.41) is 0. The lowest BCUT2D eigenvalue weighted by atomic mass is 9.84. The van der Waals surface area contributed by atoms with Gasteiger partial charge in [-0.15, -0.1) is 0 Å². The summed E-state index contributed by atoms with van der Waals surface area (Å²) in [6.45, 7) is 0.661. The molecule has 1 atom stereocenters. The smallest absolute Gasteiger partial charge is 0.127 e. The van der Waals surface area contributed by atoms with E-state index in [0.717, 1.165) is 11.4 Å². The molecule has 0 saturated heterocycles. The first-order valence-corrected chi connectivity index (χ1v) is 6.72. The summed E-state index contributed by atoms with van der Waals surface area (Å²) in [7, 11) is 3.92. The zero-order valence-electron chi connectivity index (χ0n) is 11.7. The van der Waals surface area contributed by atoms with Crippen molar-refractivity contribution in [2.45, 2.75) is 12.5 Å². The molecule has 102 valence electrons. The molecule has 0 amide bonds. The Kier molecular flexibility index (Phi) is 3.26. The van der Waals surface area contributed by atoms with Gasteiger partial charge in [0.2, 0.25) is 0 Å². The summed E-state index contributed by atoms with van der Waals surface area (Å²) in [4.78, 5) is 6.62. The van der Waals surface area contributed by atoms with Gasteiger partial charge in [-0.2, -0.15) is 0 Å². The minimum absolute atomic E-state index is 0.129. The lowest BCUT2D eigenvalue weighted by Gasteiger charge is -2.30. The maximum absolute atomic E-state index is 14.2. The van der Waals surface area contributed by atoms with Crippen LogP contribution in [0.2, 0.25) is 0 Å². The van der Waals surface area contributed by atoms with Crippen molar-refractivity contribution in [1.82, 2.24) is 4.90 Å². The monoisotopic (exact) mass is 268 g/mol. The Morgan fingerprint density at radius 1 is 1.00 bits per heavy atom. The van der Waals surface area contributed by atoms with E-state index in [1.54, 1.807) is 6.07 Å². The first-order chi connectivity index (χ1) is 9.68. The van der Waals surface area contributed by atoms with Gasteiger partial charge < -0.3 is 4.90 Å². The number of aliphatic imine (C=N–C) groups is 1. The highest BCUT2D eigenvalue weighted by molar-refractivity contribution is 5.93. The molecule has 3 rings (SSSR count). The number of benzene rings is 2. The molecule has 1 aliphatic rings. The predicted octanol–water partition coefficient (Wildman–Crippen LogP) is 3.43. The molecular weight excluding hydrogens is 251 g/mol. The average Bonchev–Trinajstić information content (AvgIpc) is 2.46. The predicted molar refractivity (Wildman–Crippen MR) is 79.5 cm³/mol. The van der Waals surface area contributed by atoms with E-state index >= 15 is 0 Å². The molecule has 1 aliphatic heterocycles. The van der Waals surface area contributed by atoms with Crippen molar-refractivity contribution in [1.29, 1.82) is 0 Å². The standard InChI is InChI=1S/C17H17FN2/c1-20(2)17-16(14-9-5-6-10-15(14)18)13-8-4-3-7-12(13)11-19-17/h3-10,16H,11H2,1-2H3. The topological polar surface area (TPSA) is 15.6 Å². The summed E-state index contributed by atoms with van der Waals surface area (Å²) in [5.74, 6) is 0.605. The van der Waals surface area contributed by atoms with Crippen molar-refractivity contribution in [2.75, 3.05) is 14.1 Å². The van der Waals surface area contributed by atoms with Crippen molar-refractivity contribution in [2.24, 2.45) is 4.99 Å². The number of amidine groups is 1. The van der Waals surface area contributed by atoms with Crippen molar-refractivity contribution in [3.05, 3.63) is 71.0 Å². The zero-order valence-corrected chi connectivity index (χ0v) is 11.7. The van der Waals surface area contributed by atoms with Crippen LogP contribution in [0.15, 0.2) is 53.5 Å². The van der Waals surface area contributed by atoms with Gasteiger partial charge in [0.05, 0.1) is 12.5 Å². The number of nitrogens with zero attached hydrogens (tertiary/aromatic N) is 2. The largest absolute Gasteiger partial charge is 0.366 e. The SMILES string of the molecule is CN(C)C1=NCc2ccccc2C1c1ccccc1F. The van der Waals surface area contributed by atoms with Crippen LogP contribution in [0.25, 0.3) is 0 Å². The molecule has 1 unspecified atom stereocenters. The molecule has 1 heterocycles. The van der Waals surface area contributed by atoms with Crippen LogP contribution in [0, 0.1) is 5.82 Å². The van der Waals surface area contributed by atoms with Crippen molar-refractivity contribution in [3.8, 4) is 0 Å². The van der Waals surface area contributed by atoms with Gasteiger partial charge >= 0.3 is 0 Å². The fraction of sp³-hybridized carbons (Fsp3) is 0.235. The summed E-state index contributed by atoms with van der Waals surface area (Å²) in [6, 6.07) is 15.1. The van der Waals surface area contributed by atoms with E-state index < -0.39 is 0 Å². The fourth-order valence-corrected chi connectivity index (χ4v) is 2.77. The molecule has 20 heavy (non-hydrogen) atoms. The minimum Gasteiger partial charge on any atom is -0.366 e. The zero-order chi connectivity index (χ0) is 14.1. The Bertz CT molecular complexity index is 662. The number of hydrogen-bond acceptors (Lipinski definition) is 2. The van der Waals surface area contributed by atoms with Gasteiger partial charge in [-0.3, -0.25) is 4.99 Å². The Hall–Kier alpha value is -2.16. The average molecular weight is 268 g/mol. The van der Waals surface area contributed by atoms with Crippen LogP contribution in [0.4, 0.5) is 4.39 Å². The summed E-state index contributed by atoms with van der Waals surface area (Å²) in [6.07, 6.45) is 0. The molecule has 0 bridgehead atoms. The number of likely N-dealkylation sites (N-methyl/N-ethyl adjacent to an activating group) is 1. The maximum atomic E-state index is 14.2. The summed E-state index contributed by atoms with van der Waals surface area (Å²) < 4.78 is 14.2. The van der Waals surface area contributed by atoms with E-state index in [2.05, 4.69) is 17.1 Å². The molecule has 3 heteroatoms. The lowest BCUT2D eigenvalue weighted by Crippen LogP contribution is -2.32. The van der Waals surface area contributed by atoms with E-state index in [0.29, 0.717) is 12.1 Å². The number of rotatable bonds is 1. The van der Waals surface area contributed by atoms with Crippen molar-refractivity contribution < 1.29 is 4.39 Å². The molecule has 0 saturated carbocycles. The van der Waals surface area contributed by atoms with Crippen molar-refractivity contribution in [3.63, 3.8) is 0 Å². The van der Waals surface area contributed by atoms with E-state index in [4.69, 9.17) is 0 Å². The quantitative estimate of drug-likeness (QED) is 0.773. The van der Waals surface area contributed by atoms with Gasteiger partial charge in [0.25, 0.3) is 0 Å². The van der Waals surface area contributed by atoms with Gasteiger partial charge in [0.15, 0.2) is 0 Å². The Morgan fingerprint density at radius 2 is 1.65 bits per heavy atom. The molecule has 0 aliphatic carbocycles. The first kappa shape index (κ1) is 12.9. The van der Waals surface area contributed by atoms with Crippen molar-refractivity contribution >= 4 is 5.84 Å². The third-order valence-corrected chi connectivity index (χ3v) is 3.71. The molecule has 0 fully saturated rings. The molecule has 2 aromatic carbocycles. The van der Waals surface area contributed by atoms with Crippen LogP contribution >= 0.6 is 0 Å². The molecule has 2 aromatic rings. The van der Waals surface area contributed by atoms with Gasteiger partial charge in [0, 0.05) is 19.7 Å². The molecular formula is C17H17FN2. The van der Waals surface area contributed by atoms with Crippen LogP contribution in [0.1, 0.15) is 22.6 Å². The number of halogens is 1. The summed E-state index contributed by atoms with van der Waals surface area (Å²) >= 11 is 0. The van der Waals surface area contributed by atoms with E-state index in [9.17, 15) is 4.39 Å². The molecule has 0 spiro atoms. The van der Waals surface area contributed by atoms with E-state index in [-0.39, 0.29) is 11.7 Å². The second kappa shape index (κ2) is 5.08. The normalized spacial score (nSPS) is 17.4. The number of fused-ring (bicyclic) bond motifs is 1. The Morgan fingerprint density at radius 3 is 2.35 bits per heavy atom. The minimum atomic E-state index is -0.177. The van der Waals surface area contributed by atoms with E-state index in [1.807, 2.05) is 43.3 Å². The summed E-state index contributed by atoms with van der Waals surface area (Å²) in [5.41, 5.74) is 3.01. The Labute approximate surface area is 118 Å². The molecule has 0 aromatic heterocycles.